The van der Waals surface area contributed by atoms with Crippen LogP contribution in [0.3, 0.4) is 0 Å². The normalized spacial score (nSPS) is 18.7. The zero-order chi connectivity index (χ0) is 10.0. The smallest absolute Gasteiger partial charge is 0.128 e. The number of rotatable bonds is 3. The van der Waals surface area contributed by atoms with E-state index in [1.54, 1.807) is 6.20 Å². The summed E-state index contributed by atoms with van der Waals surface area (Å²) in [5.41, 5.74) is -0.991. The molecule has 1 heterocycles. The molecule has 1 N–H and O–H groups in total. The van der Waals surface area contributed by atoms with Gasteiger partial charge in [-0.25, -0.2) is 9.37 Å². The number of aromatic nitrogens is 1. The fourth-order valence-electron chi connectivity index (χ4n) is 1.47. The van der Waals surface area contributed by atoms with E-state index in [4.69, 9.17) is 0 Å². The largest absolute Gasteiger partial charge is 0.367 e. The average molecular weight is 259 g/mol. The molecule has 0 aliphatic heterocycles. The van der Waals surface area contributed by atoms with Crippen LogP contribution in [0.4, 0.5) is 10.2 Å². The molecule has 1 aliphatic rings. The summed E-state index contributed by atoms with van der Waals surface area (Å²) in [5.74, 6) is 0.733. The van der Waals surface area contributed by atoms with Gasteiger partial charge in [0.25, 0.3) is 0 Å². The summed E-state index contributed by atoms with van der Waals surface area (Å²) < 4.78 is 14.5. The number of anilines is 1. The maximum atomic E-state index is 13.6. The lowest BCUT2D eigenvalue weighted by molar-refractivity contribution is 0.0783. The third-order valence-corrected chi connectivity index (χ3v) is 3.03. The Bertz CT molecular complexity index is 308. The van der Waals surface area contributed by atoms with E-state index in [-0.39, 0.29) is 0 Å². The first-order valence-corrected chi connectivity index (χ1v) is 5.52. The molecule has 0 aromatic carbocycles. The van der Waals surface area contributed by atoms with E-state index in [1.165, 1.54) is 0 Å². The molecule has 0 atom stereocenters. The highest BCUT2D eigenvalue weighted by Gasteiger charge is 2.36. The van der Waals surface area contributed by atoms with Crippen LogP contribution in [0, 0.1) is 0 Å². The molecule has 0 radical (unpaired) electrons. The van der Waals surface area contributed by atoms with Gasteiger partial charge in [0.1, 0.15) is 11.5 Å². The minimum absolute atomic E-state index is 0.377. The van der Waals surface area contributed by atoms with Crippen molar-refractivity contribution in [1.82, 2.24) is 4.98 Å². The molecule has 1 aromatic heterocycles. The Hall–Kier alpha value is -0.640. The Kier molecular flexibility index (Phi) is 2.72. The lowest BCUT2D eigenvalue weighted by atomic mass is 9.82. The van der Waals surface area contributed by atoms with Gasteiger partial charge < -0.3 is 5.32 Å². The topological polar surface area (TPSA) is 24.9 Å². The molecule has 1 aromatic rings. The molecular formula is C10H12BrFN2. The van der Waals surface area contributed by atoms with E-state index in [2.05, 4.69) is 26.2 Å². The fraction of sp³-hybridized carbons (Fsp3) is 0.500. The number of hydrogen-bond donors (Lipinski definition) is 1. The van der Waals surface area contributed by atoms with Gasteiger partial charge in [-0.1, -0.05) is 0 Å². The summed E-state index contributed by atoms with van der Waals surface area (Å²) >= 11 is 3.30. The first-order valence-electron chi connectivity index (χ1n) is 4.72. The van der Waals surface area contributed by atoms with Gasteiger partial charge in [0, 0.05) is 10.7 Å². The number of halogens is 2. The van der Waals surface area contributed by atoms with Crippen molar-refractivity contribution in [2.24, 2.45) is 0 Å². The van der Waals surface area contributed by atoms with Crippen LogP contribution in [0.2, 0.25) is 0 Å². The highest BCUT2D eigenvalue weighted by atomic mass is 79.9. The molecule has 1 fully saturated rings. The molecule has 76 valence electrons. The number of hydrogen-bond acceptors (Lipinski definition) is 2. The molecule has 2 rings (SSSR count). The Labute approximate surface area is 91.1 Å². The molecule has 1 saturated carbocycles. The quantitative estimate of drug-likeness (QED) is 0.901. The van der Waals surface area contributed by atoms with Gasteiger partial charge in [0.15, 0.2) is 0 Å². The number of pyridine rings is 1. The maximum Gasteiger partial charge on any atom is 0.128 e. The van der Waals surface area contributed by atoms with Gasteiger partial charge in [0.2, 0.25) is 0 Å². The van der Waals surface area contributed by atoms with Crippen LogP contribution in [-0.2, 0) is 0 Å². The Morgan fingerprint density at radius 3 is 2.79 bits per heavy atom. The van der Waals surface area contributed by atoms with Crippen molar-refractivity contribution in [2.45, 2.75) is 24.9 Å². The third kappa shape index (κ3) is 2.23. The van der Waals surface area contributed by atoms with Gasteiger partial charge in [-0.3, -0.25) is 0 Å². The average Bonchev–Trinajstić information content (AvgIpc) is 2.14. The second-order valence-electron chi connectivity index (χ2n) is 3.72. The van der Waals surface area contributed by atoms with Crippen molar-refractivity contribution >= 4 is 21.7 Å². The summed E-state index contributed by atoms with van der Waals surface area (Å²) in [6.45, 7) is 0.377. The van der Waals surface area contributed by atoms with Gasteiger partial charge in [-0.2, -0.15) is 0 Å². The lowest BCUT2D eigenvalue weighted by Crippen LogP contribution is -2.39. The van der Waals surface area contributed by atoms with Crippen LogP contribution in [0.1, 0.15) is 19.3 Å². The van der Waals surface area contributed by atoms with E-state index in [0.717, 1.165) is 16.7 Å². The van der Waals surface area contributed by atoms with Crippen LogP contribution in [0.15, 0.2) is 22.8 Å². The predicted molar refractivity (Wildman–Crippen MR) is 58.1 cm³/mol. The first-order chi connectivity index (χ1) is 6.68. The molecule has 0 amide bonds. The molecule has 14 heavy (non-hydrogen) atoms. The van der Waals surface area contributed by atoms with Gasteiger partial charge in [-0.05, 0) is 47.3 Å². The molecule has 0 saturated heterocycles. The van der Waals surface area contributed by atoms with Crippen LogP contribution in [0.25, 0.3) is 0 Å². The molecule has 0 bridgehead atoms. The monoisotopic (exact) mass is 258 g/mol. The van der Waals surface area contributed by atoms with Crippen LogP contribution in [-0.4, -0.2) is 17.2 Å². The molecule has 1 aliphatic carbocycles. The molecule has 0 spiro atoms. The van der Waals surface area contributed by atoms with Crippen LogP contribution in [0.5, 0.6) is 0 Å². The highest BCUT2D eigenvalue weighted by molar-refractivity contribution is 9.10. The molecule has 4 heteroatoms. The second kappa shape index (κ2) is 3.85. The van der Waals surface area contributed by atoms with Crippen molar-refractivity contribution in [3.05, 3.63) is 22.8 Å². The first kappa shape index (κ1) is 9.90. The minimum Gasteiger partial charge on any atom is -0.367 e. The molecule has 0 unspecified atom stereocenters. The third-order valence-electron chi connectivity index (χ3n) is 2.56. The second-order valence-corrected chi connectivity index (χ2v) is 4.64. The minimum atomic E-state index is -0.991. The zero-order valence-electron chi connectivity index (χ0n) is 7.76. The fourth-order valence-corrected chi connectivity index (χ4v) is 1.70. The maximum absolute atomic E-state index is 13.6. The highest BCUT2D eigenvalue weighted by Crippen LogP contribution is 2.35. The van der Waals surface area contributed by atoms with Crippen molar-refractivity contribution in [1.29, 1.82) is 0 Å². The summed E-state index contributed by atoms with van der Waals surface area (Å²) in [5, 5.41) is 3.01. The summed E-state index contributed by atoms with van der Waals surface area (Å²) in [6.07, 6.45) is 4.06. The number of alkyl halides is 1. The van der Waals surface area contributed by atoms with Gasteiger partial charge in [-0.15, -0.1) is 0 Å². The molecular weight excluding hydrogens is 247 g/mol. The Morgan fingerprint density at radius 2 is 2.29 bits per heavy atom. The van der Waals surface area contributed by atoms with E-state index >= 15 is 0 Å². The zero-order valence-corrected chi connectivity index (χ0v) is 9.35. The SMILES string of the molecule is FC1(CNc2ccc(Br)cn2)CCC1. The summed E-state index contributed by atoms with van der Waals surface area (Å²) in [4.78, 5) is 4.12. The summed E-state index contributed by atoms with van der Waals surface area (Å²) in [7, 11) is 0. The van der Waals surface area contributed by atoms with Crippen LogP contribution >= 0.6 is 15.9 Å². The standard InChI is InChI=1S/C10H12BrFN2/c11-8-2-3-9(13-6-8)14-7-10(12)4-1-5-10/h2-3,6H,1,4-5,7H2,(H,13,14). The van der Waals surface area contributed by atoms with E-state index in [9.17, 15) is 4.39 Å². The number of nitrogens with zero attached hydrogens (tertiary/aromatic N) is 1. The van der Waals surface area contributed by atoms with Crippen molar-refractivity contribution in [3.63, 3.8) is 0 Å². The van der Waals surface area contributed by atoms with E-state index < -0.39 is 5.67 Å². The predicted octanol–water partition coefficient (Wildman–Crippen LogP) is 3.15. The van der Waals surface area contributed by atoms with Crippen molar-refractivity contribution in [2.75, 3.05) is 11.9 Å². The van der Waals surface area contributed by atoms with Crippen molar-refractivity contribution < 1.29 is 4.39 Å². The van der Waals surface area contributed by atoms with Crippen LogP contribution < -0.4 is 5.32 Å². The van der Waals surface area contributed by atoms with Gasteiger partial charge >= 0.3 is 0 Å². The Morgan fingerprint density at radius 1 is 1.50 bits per heavy atom. The lowest BCUT2D eigenvalue weighted by Gasteiger charge is -2.33. The molecule has 2 nitrogen and oxygen atoms in total. The Balaban J connectivity index is 1.88. The number of nitrogens with one attached hydrogen (secondary N) is 1. The van der Waals surface area contributed by atoms with Gasteiger partial charge in [0.05, 0.1) is 6.54 Å². The van der Waals surface area contributed by atoms with Crippen molar-refractivity contribution in [3.8, 4) is 0 Å². The van der Waals surface area contributed by atoms with E-state index in [0.29, 0.717) is 19.4 Å². The van der Waals surface area contributed by atoms with E-state index in [1.807, 2.05) is 12.1 Å². The summed E-state index contributed by atoms with van der Waals surface area (Å²) in [6, 6.07) is 3.73.